The first-order valence-electron chi connectivity index (χ1n) is 4.24. The van der Waals surface area contributed by atoms with E-state index < -0.39 is 0 Å². The molecule has 0 atom stereocenters. The zero-order chi connectivity index (χ0) is 8.60. The average molecular weight is 200 g/mol. The van der Waals surface area contributed by atoms with Gasteiger partial charge >= 0.3 is 0 Å². The van der Waals surface area contributed by atoms with E-state index in [1.807, 2.05) is 30.4 Å². The molecule has 1 heterocycles. The van der Waals surface area contributed by atoms with Crippen molar-refractivity contribution in [1.29, 1.82) is 0 Å². The minimum Gasteiger partial charge on any atom is -0.292 e. The lowest BCUT2D eigenvalue weighted by molar-refractivity contribution is -0.115. The third-order valence-electron chi connectivity index (χ3n) is 2.34. The lowest BCUT2D eigenvalue weighted by atomic mass is 10.2. The zero-order valence-corrected chi connectivity index (χ0v) is 8.76. The van der Waals surface area contributed by atoms with E-state index in [9.17, 15) is 4.79 Å². The molecule has 66 valence electrons. The number of rotatable bonds is 0. The summed E-state index contributed by atoms with van der Waals surface area (Å²) in [7, 11) is 0. The van der Waals surface area contributed by atoms with E-state index in [1.165, 1.54) is 6.42 Å². The highest BCUT2D eigenvalue weighted by Crippen LogP contribution is 2.49. The van der Waals surface area contributed by atoms with Gasteiger partial charge in [0.05, 0.1) is 0 Å². The molecule has 0 saturated carbocycles. The van der Waals surface area contributed by atoms with Crippen molar-refractivity contribution in [1.82, 2.24) is 0 Å². The van der Waals surface area contributed by atoms with Gasteiger partial charge in [-0.2, -0.15) is 0 Å². The molecule has 1 nitrogen and oxygen atoms in total. The third-order valence-corrected chi connectivity index (χ3v) is 5.67. The second-order valence-electron chi connectivity index (χ2n) is 3.22. The van der Waals surface area contributed by atoms with Gasteiger partial charge in [0.25, 0.3) is 0 Å². The Morgan fingerprint density at radius 1 is 1.42 bits per heavy atom. The van der Waals surface area contributed by atoms with Gasteiger partial charge in [-0.3, -0.25) is 4.79 Å². The van der Waals surface area contributed by atoms with Crippen molar-refractivity contribution in [3.63, 3.8) is 0 Å². The first kappa shape index (κ1) is 8.70. The van der Waals surface area contributed by atoms with E-state index in [0.717, 1.165) is 23.5 Å². The lowest BCUT2D eigenvalue weighted by Crippen LogP contribution is -2.31. The number of hydrogen-bond donors (Lipinski definition) is 0. The van der Waals surface area contributed by atoms with Crippen molar-refractivity contribution >= 4 is 29.3 Å². The number of carbonyl (C=O) groups is 1. The summed E-state index contributed by atoms with van der Waals surface area (Å²) >= 11 is 3.69. The van der Waals surface area contributed by atoms with Gasteiger partial charge < -0.3 is 0 Å². The van der Waals surface area contributed by atoms with Crippen LogP contribution in [0.1, 0.15) is 19.8 Å². The Morgan fingerprint density at radius 2 is 2.08 bits per heavy atom. The predicted octanol–water partition coefficient (Wildman–Crippen LogP) is 2.47. The fourth-order valence-corrected chi connectivity index (χ4v) is 4.84. The summed E-state index contributed by atoms with van der Waals surface area (Å²) in [5.74, 6) is 2.68. The molecule has 1 aliphatic carbocycles. The molecule has 0 aromatic rings. The molecular weight excluding hydrogens is 188 g/mol. The van der Waals surface area contributed by atoms with Gasteiger partial charge in [0.1, 0.15) is 4.08 Å². The maximum atomic E-state index is 11.8. The summed E-state index contributed by atoms with van der Waals surface area (Å²) in [5.41, 5.74) is 0.969. The SMILES string of the molecule is CC1=CCC2(SCCCS2)C1=O. The average Bonchev–Trinajstić information content (AvgIpc) is 2.37. The highest BCUT2D eigenvalue weighted by Gasteiger charge is 2.44. The molecule has 2 aliphatic rings. The molecule has 12 heavy (non-hydrogen) atoms. The fraction of sp³-hybridized carbons (Fsp3) is 0.667. The molecule has 0 radical (unpaired) electrons. The topological polar surface area (TPSA) is 17.1 Å². The first-order valence-corrected chi connectivity index (χ1v) is 6.21. The Morgan fingerprint density at radius 3 is 2.58 bits per heavy atom. The summed E-state index contributed by atoms with van der Waals surface area (Å²) in [6.07, 6.45) is 4.30. The van der Waals surface area contributed by atoms with Crippen LogP contribution in [-0.2, 0) is 4.79 Å². The van der Waals surface area contributed by atoms with E-state index in [4.69, 9.17) is 0 Å². The maximum absolute atomic E-state index is 11.8. The number of carbonyl (C=O) groups excluding carboxylic acids is 1. The van der Waals surface area contributed by atoms with Gasteiger partial charge in [0, 0.05) is 0 Å². The summed E-state index contributed by atoms with van der Waals surface area (Å²) in [6, 6.07) is 0. The van der Waals surface area contributed by atoms with Crippen LogP contribution in [0.2, 0.25) is 0 Å². The monoisotopic (exact) mass is 200 g/mol. The molecular formula is C9H12OS2. The minimum absolute atomic E-state index is 0.0949. The molecule has 0 aromatic carbocycles. The van der Waals surface area contributed by atoms with Crippen LogP contribution in [-0.4, -0.2) is 21.4 Å². The van der Waals surface area contributed by atoms with Gasteiger partial charge in [0.2, 0.25) is 0 Å². The first-order chi connectivity index (χ1) is 5.75. The Bertz CT molecular complexity index is 239. The number of hydrogen-bond acceptors (Lipinski definition) is 3. The van der Waals surface area contributed by atoms with Crippen LogP contribution in [0.25, 0.3) is 0 Å². The Hall–Kier alpha value is 0.110. The lowest BCUT2D eigenvalue weighted by Gasteiger charge is -2.30. The Balaban J connectivity index is 2.18. The van der Waals surface area contributed by atoms with Crippen molar-refractivity contribution in [2.75, 3.05) is 11.5 Å². The predicted molar refractivity (Wildman–Crippen MR) is 55.6 cm³/mol. The van der Waals surface area contributed by atoms with Gasteiger partial charge in [-0.25, -0.2) is 0 Å². The highest BCUT2D eigenvalue weighted by atomic mass is 32.2. The van der Waals surface area contributed by atoms with Gasteiger partial charge in [-0.15, -0.1) is 23.5 Å². The molecule has 1 spiro atoms. The second kappa shape index (κ2) is 3.11. The van der Waals surface area contributed by atoms with Crippen molar-refractivity contribution < 1.29 is 4.79 Å². The van der Waals surface area contributed by atoms with Crippen molar-refractivity contribution in [3.05, 3.63) is 11.6 Å². The van der Waals surface area contributed by atoms with E-state index in [2.05, 4.69) is 6.08 Å². The fourth-order valence-electron chi connectivity index (χ4n) is 1.60. The van der Waals surface area contributed by atoms with E-state index in [1.54, 1.807) is 0 Å². The van der Waals surface area contributed by atoms with Crippen molar-refractivity contribution in [2.24, 2.45) is 0 Å². The molecule has 1 fully saturated rings. The Kier molecular flexibility index (Phi) is 2.25. The van der Waals surface area contributed by atoms with E-state index in [0.29, 0.717) is 5.78 Å². The van der Waals surface area contributed by atoms with Crippen molar-refractivity contribution in [2.45, 2.75) is 23.8 Å². The molecule has 1 aliphatic heterocycles. The summed E-state index contributed by atoms with van der Waals surface area (Å²) in [4.78, 5) is 11.8. The normalized spacial score (nSPS) is 27.8. The van der Waals surface area contributed by atoms with Gasteiger partial charge in [0.15, 0.2) is 5.78 Å². The number of ketones is 1. The third kappa shape index (κ3) is 1.23. The van der Waals surface area contributed by atoms with Crippen LogP contribution in [0.3, 0.4) is 0 Å². The van der Waals surface area contributed by atoms with Crippen LogP contribution in [0.4, 0.5) is 0 Å². The van der Waals surface area contributed by atoms with Crippen molar-refractivity contribution in [3.8, 4) is 0 Å². The molecule has 0 amide bonds. The van der Waals surface area contributed by atoms with E-state index >= 15 is 0 Å². The van der Waals surface area contributed by atoms with Gasteiger partial charge in [-0.1, -0.05) is 6.08 Å². The number of Topliss-reactive ketones (excluding diaryl/α,β-unsaturated/α-hetero) is 1. The Labute approximate surface area is 81.4 Å². The summed E-state index contributed by atoms with van der Waals surface area (Å²) < 4.78 is -0.0949. The minimum atomic E-state index is -0.0949. The number of allylic oxidation sites excluding steroid dienone is 2. The molecule has 0 unspecified atom stereocenters. The molecule has 0 aromatic heterocycles. The largest absolute Gasteiger partial charge is 0.292 e. The molecule has 1 saturated heterocycles. The van der Waals surface area contributed by atoms with E-state index in [-0.39, 0.29) is 4.08 Å². The summed E-state index contributed by atoms with van der Waals surface area (Å²) in [5, 5.41) is 0. The zero-order valence-electron chi connectivity index (χ0n) is 7.13. The molecule has 3 heteroatoms. The van der Waals surface area contributed by atoms with Crippen LogP contribution in [0.5, 0.6) is 0 Å². The second-order valence-corrected chi connectivity index (χ2v) is 6.27. The molecule has 2 rings (SSSR count). The van der Waals surface area contributed by atoms with Crippen LogP contribution >= 0.6 is 23.5 Å². The van der Waals surface area contributed by atoms with Crippen LogP contribution < -0.4 is 0 Å². The number of thioether (sulfide) groups is 2. The van der Waals surface area contributed by atoms with Gasteiger partial charge in [-0.05, 0) is 36.8 Å². The molecule has 0 bridgehead atoms. The maximum Gasteiger partial charge on any atom is 0.184 e. The smallest absolute Gasteiger partial charge is 0.184 e. The quantitative estimate of drug-likeness (QED) is 0.598. The highest BCUT2D eigenvalue weighted by molar-refractivity contribution is 8.20. The molecule has 0 N–H and O–H groups in total. The van der Waals surface area contributed by atoms with Crippen LogP contribution in [0.15, 0.2) is 11.6 Å². The standard InChI is InChI=1S/C9H12OS2/c1-7-3-4-9(8(7)10)11-5-2-6-12-9/h3H,2,4-6H2,1H3. The summed E-state index contributed by atoms with van der Waals surface area (Å²) in [6.45, 7) is 1.94. The van der Waals surface area contributed by atoms with Crippen LogP contribution in [0, 0.1) is 0 Å².